The number of rotatable bonds is 5. The number of nitrogens with one attached hydrogen (secondary N) is 2. The molecule has 6 heteroatoms. The molecule has 6 nitrogen and oxygen atoms in total. The van der Waals surface area contributed by atoms with E-state index in [1.165, 1.54) is 7.11 Å². The molecular formula is C12H18N2O4. The van der Waals surface area contributed by atoms with Crippen molar-refractivity contribution < 1.29 is 19.1 Å². The van der Waals surface area contributed by atoms with Crippen molar-refractivity contribution in [1.82, 2.24) is 10.6 Å². The van der Waals surface area contributed by atoms with Crippen molar-refractivity contribution in [3.8, 4) is 0 Å². The zero-order chi connectivity index (χ0) is 13.7. The van der Waals surface area contributed by atoms with Crippen molar-refractivity contribution in [2.24, 2.45) is 0 Å². The van der Waals surface area contributed by atoms with Gasteiger partial charge >= 0.3 is 5.97 Å². The Bertz CT molecular complexity index is 378. The van der Waals surface area contributed by atoms with E-state index in [1.807, 2.05) is 0 Å². The number of hydrogen-bond acceptors (Lipinski definition) is 4. The SMILES string of the molecule is C=C(C)C[C@@H](NC(=O)[C@@H]1CCC(=O)N1)C(=O)OC. The van der Waals surface area contributed by atoms with Crippen molar-refractivity contribution in [2.75, 3.05) is 7.11 Å². The van der Waals surface area contributed by atoms with Crippen LogP contribution >= 0.6 is 0 Å². The van der Waals surface area contributed by atoms with Gasteiger partial charge in [0, 0.05) is 6.42 Å². The number of ether oxygens (including phenoxy) is 1. The van der Waals surface area contributed by atoms with Gasteiger partial charge in [-0.3, -0.25) is 9.59 Å². The van der Waals surface area contributed by atoms with E-state index in [4.69, 9.17) is 0 Å². The van der Waals surface area contributed by atoms with E-state index in [0.29, 0.717) is 19.3 Å². The maximum absolute atomic E-state index is 11.8. The number of methoxy groups -OCH3 is 1. The lowest BCUT2D eigenvalue weighted by Gasteiger charge is -2.18. The first-order valence-corrected chi connectivity index (χ1v) is 5.76. The minimum absolute atomic E-state index is 0.148. The monoisotopic (exact) mass is 254 g/mol. The second-order valence-corrected chi connectivity index (χ2v) is 4.40. The summed E-state index contributed by atoms with van der Waals surface area (Å²) in [5, 5.41) is 5.12. The molecule has 0 saturated carbocycles. The van der Waals surface area contributed by atoms with Crippen LogP contribution in [0.5, 0.6) is 0 Å². The normalized spacial score (nSPS) is 19.9. The molecule has 1 fully saturated rings. The molecule has 0 bridgehead atoms. The zero-order valence-corrected chi connectivity index (χ0v) is 10.6. The highest BCUT2D eigenvalue weighted by atomic mass is 16.5. The van der Waals surface area contributed by atoms with Crippen molar-refractivity contribution in [3.05, 3.63) is 12.2 Å². The number of hydrogen-bond donors (Lipinski definition) is 2. The van der Waals surface area contributed by atoms with Crippen LogP contribution in [-0.2, 0) is 19.1 Å². The van der Waals surface area contributed by atoms with Crippen LogP contribution in [0.15, 0.2) is 12.2 Å². The van der Waals surface area contributed by atoms with E-state index in [0.717, 1.165) is 5.57 Å². The third-order valence-electron chi connectivity index (χ3n) is 2.67. The summed E-state index contributed by atoms with van der Waals surface area (Å²) >= 11 is 0. The zero-order valence-electron chi connectivity index (χ0n) is 10.6. The Balaban J connectivity index is 2.59. The quantitative estimate of drug-likeness (QED) is 0.529. The maximum atomic E-state index is 11.8. The summed E-state index contributed by atoms with van der Waals surface area (Å²) in [5.74, 6) is -1.03. The van der Waals surface area contributed by atoms with Gasteiger partial charge in [0.1, 0.15) is 12.1 Å². The first kappa shape index (κ1) is 14.2. The van der Waals surface area contributed by atoms with Gasteiger partial charge < -0.3 is 15.4 Å². The fraction of sp³-hybridized carbons (Fsp3) is 0.583. The lowest BCUT2D eigenvalue weighted by molar-refractivity contribution is -0.145. The number of amides is 2. The Morgan fingerprint density at radius 3 is 2.72 bits per heavy atom. The second kappa shape index (κ2) is 6.18. The van der Waals surface area contributed by atoms with Gasteiger partial charge in [0.2, 0.25) is 11.8 Å². The van der Waals surface area contributed by atoms with E-state index in [2.05, 4.69) is 21.9 Å². The van der Waals surface area contributed by atoms with Crippen LogP contribution in [0.25, 0.3) is 0 Å². The summed E-state index contributed by atoms with van der Waals surface area (Å²) in [4.78, 5) is 34.4. The molecule has 0 radical (unpaired) electrons. The van der Waals surface area contributed by atoms with E-state index in [9.17, 15) is 14.4 Å². The smallest absolute Gasteiger partial charge is 0.328 e. The van der Waals surface area contributed by atoms with Crippen LogP contribution in [0.1, 0.15) is 26.2 Å². The molecule has 1 saturated heterocycles. The van der Waals surface area contributed by atoms with Crippen molar-refractivity contribution in [1.29, 1.82) is 0 Å². The molecule has 1 aliphatic heterocycles. The number of carbonyl (C=O) groups excluding carboxylic acids is 3. The van der Waals surface area contributed by atoms with Gasteiger partial charge in [-0.1, -0.05) is 5.57 Å². The van der Waals surface area contributed by atoms with E-state index >= 15 is 0 Å². The molecule has 18 heavy (non-hydrogen) atoms. The molecule has 2 atom stereocenters. The Labute approximate surface area is 106 Å². The fourth-order valence-corrected chi connectivity index (χ4v) is 1.77. The molecule has 1 rings (SSSR count). The first-order chi connectivity index (χ1) is 8.43. The third-order valence-corrected chi connectivity index (χ3v) is 2.67. The van der Waals surface area contributed by atoms with Gasteiger partial charge in [0.15, 0.2) is 0 Å². The third kappa shape index (κ3) is 3.87. The van der Waals surface area contributed by atoms with Gasteiger partial charge in [0.05, 0.1) is 7.11 Å². The van der Waals surface area contributed by atoms with Gasteiger partial charge in [-0.25, -0.2) is 4.79 Å². The van der Waals surface area contributed by atoms with Gasteiger partial charge in [-0.15, -0.1) is 6.58 Å². The molecule has 0 aromatic heterocycles. The predicted octanol–water partition coefficient (Wildman–Crippen LogP) is -0.111. The molecule has 100 valence electrons. The van der Waals surface area contributed by atoms with Crippen LogP contribution in [0.2, 0.25) is 0 Å². The molecule has 1 heterocycles. The second-order valence-electron chi connectivity index (χ2n) is 4.40. The van der Waals surface area contributed by atoms with E-state index in [1.54, 1.807) is 6.92 Å². The minimum Gasteiger partial charge on any atom is -0.467 e. The number of carbonyl (C=O) groups is 3. The van der Waals surface area contributed by atoms with Crippen LogP contribution in [0.3, 0.4) is 0 Å². The first-order valence-electron chi connectivity index (χ1n) is 5.76. The van der Waals surface area contributed by atoms with Crippen molar-refractivity contribution in [2.45, 2.75) is 38.3 Å². The fourth-order valence-electron chi connectivity index (χ4n) is 1.77. The van der Waals surface area contributed by atoms with Gasteiger partial charge in [-0.05, 0) is 19.8 Å². The van der Waals surface area contributed by atoms with Crippen LogP contribution in [0, 0.1) is 0 Å². The molecule has 0 aromatic carbocycles. The molecule has 0 aliphatic carbocycles. The Morgan fingerprint density at radius 1 is 1.61 bits per heavy atom. The Morgan fingerprint density at radius 2 is 2.28 bits per heavy atom. The summed E-state index contributed by atoms with van der Waals surface area (Å²) < 4.78 is 4.62. The van der Waals surface area contributed by atoms with Crippen LogP contribution < -0.4 is 10.6 Å². The minimum atomic E-state index is -0.752. The average molecular weight is 254 g/mol. The molecule has 1 aliphatic rings. The molecule has 0 spiro atoms. The maximum Gasteiger partial charge on any atom is 0.328 e. The molecule has 2 amide bonds. The highest BCUT2D eigenvalue weighted by molar-refractivity contribution is 5.93. The Kier molecular flexibility index (Phi) is 4.88. The number of esters is 1. The topological polar surface area (TPSA) is 84.5 Å². The Hall–Kier alpha value is -1.85. The molecular weight excluding hydrogens is 236 g/mol. The summed E-state index contributed by atoms with van der Waals surface area (Å²) in [5.41, 5.74) is 0.765. The summed E-state index contributed by atoms with van der Waals surface area (Å²) in [7, 11) is 1.26. The van der Waals surface area contributed by atoms with E-state index < -0.39 is 18.1 Å². The van der Waals surface area contributed by atoms with Gasteiger partial charge in [0.25, 0.3) is 0 Å². The van der Waals surface area contributed by atoms with E-state index in [-0.39, 0.29) is 11.8 Å². The molecule has 0 unspecified atom stereocenters. The average Bonchev–Trinajstić information content (AvgIpc) is 2.73. The van der Waals surface area contributed by atoms with Crippen molar-refractivity contribution >= 4 is 17.8 Å². The largest absolute Gasteiger partial charge is 0.467 e. The lowest BCUT2D eigenvalue weighted by Crippen LogP contribution is -2.49. The van der Waals surface area contributed by atoms with Crippen LogP contribution in [0.4, 0.5) is 0 Å². The molecule has 0 aromatic rings. The summed E-state index contributed by atoms with van der Waals surface area (Å²) in [6.45, 7) is 5.46. The highest BCUT2D eigenvalue weighted by Crippen LogP contribution is 2.09. The van der Waals surface area contributed by atoms with Crippen LogP contribution in [-0.4, -0.2) is 37.0 Å². The summed E-state index contributed by atoms with van der Waals surface area (Å²) in [6, 6.07) is -1.31. The van der Waals surface area contributed by atoms with Crippen molar-refractivity contribution in [3.63, 3.8) is 0 Å². The summed E-state index contributed by atoms with van der Waals surface area (Å²) in [6.07, 6.45) is 1.10. The van der Waals surface area contributed by atoms with Gasteiger partial charge in [-0.2, -0.15) is 0 Å². The standard InChI is InChI=1S/C12H18N2O4/c1-7(2)6-9(12(17)18-3)14-11(16)8-4-5-10(15)13-8/h8-9H,1,4-6H2,2-3H3,(H,13,15)(H,14,16)/t8-,9+/m0/s1. The highest BCUT2D eigenvalue weighted by Gasteiger charge is 2.30. The lowest BCUT2D eigenvalue weighted by atomic mass is 10.1. The molecule has 2 N–H and O–H groups in total. The predicted molar refractivity (Wildman–Crippen MR) is 64.5 cm³/mol.